The van der Waals surface area contributed by atoms with Crippen LogP contribution in [0.4, 0.5) is 45.5 Å². The molecular formula is C105H109BN8. The molecule has 0 N–H and O–H groups in total. The van der Waals surface area contributed by atoms with Gasteiger partial charge in [0.1, 0.15) is 0 Å². The molecule has 0 fully saturated rings. The summed E-state index contributed by atoms with van der Waals surface area (Å²) in [4.78, 5) is 29.4. The van der Waals surface area contributed by atoms with Gasteiger partial charge in [-0.1, -0.05) is 274 Å². The predicted octanol–water partition coefficient (Wildman–Crippen LogP) is 25.8. The quantitative estimate of drug-likeness (QED) is 0.0700. The third-order valence-electron chi connectivity index (χ3n) is 22.6. The minimum atomic E-state index is -0.0878. The normalized spacial score (nSPS) is 12.3. The fourth-order valence-electron chi connectivity index (χ4n) is 15.8. The summed E-state index contributed by atoms with van der Waals surface area (Å²) in [6, 6.07) is 105. The molecule has 0 spiro atoms. The van der Waals surface area contributed by atoms with Crippen molar-refractivity contribution in [2.75, 3.05) is 19.6 Å². The van der Waals surface area contributed by atoms with Crippen LogP contribution >= 0.6 is 0 Å². The van der Waals surface area contributed by atoms with Gasteiger partial charge >= 0.3 is 0 Å². The van der Waals surface area contributed by atoms with Gasteiger partial charge in [-0.3, -0.25) is 19.9 Å². The fraction of sp³-hybridized carbons (Fsp3) is 0.238. The Morgan fingerprint density at radius 1 is 0.298 bits per heavy atom. The van der Waals surface area contributed by atoms with E-state index in [-0.39, 0.29) is 25.0 Å². The number of hydrogen-bond acceptors (Lipinski definition) is 8. The SMILES string of the molecule is C.CC(C)c1ccnc(-c2ccc(N(Cc3ccccc3)c3cc(N(Cc4ccccc4)c4ccc(-c5cc(C(C)C)ccn5)cc4)cc(C(C)(C)C)c3)cc2)c1.CC(C)c1ccnc(-c2ccc3c(c2)B2c4cc(-c5cc(C(C)C)ccn5)ccc4N(Cc4ccccc4)c4cc(C(C)(C)C)cc(c42)N3Cc2ccccc2)c1. The van der Waals surface area contributed by atoms with E-state index in [1.165, 1.54) is 94.8 Å². The van der Waals surface area contributed by atoms with E-state index in [4.69, 9.17) is 19.9 Å². The van der Waals surface area contributed by atoms with Crippen molar-refractivity contribution in [1.29, 1.82) is 0 Å². The molecule has 16 rings (SSSR count). The Morgan fingerprint density at radius 2 is 0.596 bits per heavy atom. The van der Waals surface area contributed by atoms with Crippen molar-refractivity contribution in [2.24, 2.45) is 0 Å². The van der Waals surface area contributed by atoms with Crippen molar-refractivity contribution in [3.63, 3.8) is 0 Å². The highest BCUT2D eigenvalue weighted by atomic mass is 15.2. The Labute approximate surface area is 679 Å². The van der Waals surface area contributed by atoms with Gasteiger partial charge in [-0.25, -0.2) is 0 Å². The number of nitrogens with zero attached hydrogens (tertiary/aromatic N) is 8. The zero-order valence-electron chi connectivity index (χ0n) is 68.2. The Kier molecular flexibility index (Phi) is 23.3. The summed E-state index contributed by atoms with van der Waals surface area (Å²) >= 11 is 0. The van der Waals surface area contributed by atoms with Crippen LogP contribution in [0.5, 0.6) is 0 Å². The summed E-state index contributed by atoms with van der Waals surface area (Å²) in [7, 11) is 0. The smallest absolute Gasteiger partial charge is 0.252 e. The van der Waals surface area contributed by atoms with Crippen molar-refractivity contribution < 1.29 is 0 Å². The minimum Gasteiger partial charge on any atom is -0.338 e. The molecule has 572 valence electrons. The van der Waals surface area contributed by atoms with E-state index in [9.17, 15) is 0 Å². The number of fused-ring (bicyclic) bond motifs is 4. The van der Waals surface area contributed by atoms with E-state index in [0.29, 0.717) is 23.7 Å². The Bertz CT molecular complexity index is 5300. The van der Waals surface area contributed by atoms with Crippen LogP contribution in [0.1, 0.15) is 184 Å². The first-order valence-electron chi connectivity index (χ1n) is 40.5. The van der Waals surface area contributed by atoms with Crippen LogP contribution < -0.4 is 36.0 Å². The predicted molar refractivity (Wildman–Crippen MR) is 486 cm³/mol. The molecule has 0 saturated carbocycles. The second-order valence-electron chi connectivity index (χ2n) is 34.0. The molecular weight excluding hydrogens is 1380 g/mol. The molecule has 4 aromatic heterocycles. The summed E-state index contributed by atoms with van der Waals surface area (Å²) in [6.45, 7) is 34.8. The first-order chi connectivity index (χ1) is 54.5. The maximum Gasteiger partial charge on any atom is 0.252 e. The molecule has 14 aromatic rings. The second-order valence-corrected chi connectivity index (χ2v) is 34.0. The number of hydrogen-bond donors (Lipinski definition) is 0. The molecule has 8 nitrogen and oxygen atoms in total. The van der Waals surface area contributed by atoms with E-state index in [0.717, 1.165) is 94.0 Å². The van der Waals surface area contributed by atoms with Crippen molar-refractivity contribution in [3.05, 3.63) is 366 Å². The largest absolute Gasteiger partial charge is 0.338 e. The molecule has 2 aliphatic rings. The first-order valence-corrected chi connectivity index (χ1v) is 40.5. The Morgan fingerprint density at radius 3 is 0.912 bits per heavy atom. The molecule has 0 unspecified atom stereocenters. The number of benzene rings is 10. The highest BCUT2D eigenvalue weighted by Gasteiger charge is 2.44. The van der Waals surface area contributed by atoms with Crippen LogP contribution in [-0.4, -0.2) is 26.6 Å². The summed E-state index contributed by atoms with van der Waals surface area (Å²) in [6.07, 6.45) is 7.79. The number of rotatable bonds is 20. The first kappa shape index (κ1) is 78.7. The lowest BCUT2D eigenvalue weighted by molar-refractivity contribution is 0.590. The average Bonchev–Trinajstić information content (AvgIpc) is 0.698. The molecule has 10 aromatic carbocycles. The Balaban J connectivity index is 0.000000187. The zero-order chi connectivity index (χ0) is 78.7. The van der Waals surface area contributed by atoms with Gasteiger partial charge in [0.25, 0.3) is 6.71 Å². The third-order valence-corrected chi connectivity index (χ3v) is 22.6. The molecule has 9 heteroatoms. The van der Waals surface area contributed by atoms with Crippen molar-refractivity contribution in [3.8, 4) is 45.0 Å². The van der Waals surface area contributed by atoms with E-state index >= 15 is 0 Å². The van der Waals surface area contributed by atoms with Crippen LogP contribution in [-0.2, 0) is 37.0 Å². The second kappa shape index (κ2) is 33.8. The van der Waals surface area contributed by atoms with Gasteiger partial charge in [-0.05, 0) is 233 Å². The zero-order valence-corrected chi connectivity index (χ0v) is 68.2. The molecule has 6 heterocycles. The molecule has 114 heavy (non-hydrogen) atoms. The van der Waals surface area contributed by atoms with Crippen LogP contribution in [0.2, 0.25) is 0 Å². The lowest BCUT2D eigenvalue weighted by Gasteiger charge is -2.45. The fourth-order valence-corrected chi connectivity index (χ4v) is 15.8. The standard InChI is InChI=1S/C52H51BN4.C52H54N4.CH4/c1-34(2)38-22-24-54-45(28-38)40-18-20-47-43(26-40)53-44-27-41(46-29-39(35(3)4)23-25-55-46)19-21-48(44)57(33-37-16-12-9-13-17-37)50-31-42(52(5,6)7)30-49(51(50)53)56(47)32-36-14-10-8-11-15-36;1-37(2)43-26-28-53-50(30-43)41-18-22-46(23-19-41)55(35-39-14-10-8-11-15-39)48-32-45(52(5,6)7)33-49(34-48)56(36-40-16-12-9-13-17-40)47-24-20-42(21-25-47)51-31-44(38(3)4)27-29-54-51;/h8-31,34-35H,32-33H2,1-7H3;8-34,37-38H,35-36H2,1-7H3;1H4. The number of anilines is 8. The molecule has 0 atom stereocenters. The molecule has 0 aliphatic carbocycles. The summed E-state index contributed by atoms with van der Waals surface area (Å²) in [5.41, 5.74) is 34.8. The maximum atomic E-state index is 4.94. The van der Waals surface area contributed by atoms with Gasteiger partial charge < -0.3 is 19.6 Å². The summed E-state index contributed by atoms with van der Waals surface area (Å²) in [5, 5.41) is 0. The molecule has 0 amide bonds. The minimum absolute atomic E-state index is 0. The topological polar surface area (TPSA) is 64.5 Å². The van der Waals surface area contributed by atoms with Gasteiger partial charge in [-0.2, -0.15) is 0 Å². The number of pyridine rings is 4. The third kappa shape index (κ3) is 17.3. The van der Waals surface area contributed by atoms with Gasteiger partial charge in [0.15, 0.2) is 0 Å². The van der Waals surface area contributed by atoms with E-state index in [2.05, 4.69) is 402 Å². The monoisotopic (exact) mass is 1490 g/mol. The van der Waals surface area contributed by atoms with E-state index < -0.39 is 0 Å². The van der Waals surface area contributed by atoms with Crippen molar-refractivity contribution >= 4 is 68.6 Å². The average molecular weight is 1490 g/mol. The van der Waals surface area contributed by atoms with Crippen LogP contribution in [0, 0.1) is 0 Å². The van der Waals surface area contributed by atoms with Crippen LogP contribution in [0.25, 0.3) is 45.0 Å². The molecule has 0 bridgehead atoms. The van der Waals surface area contributed by atoms with Crippen LogP contribution in [0.15, 0.2) is 310 Å². The number of aromatic nitrogens is 4. The Hall–Kier alpha value is -11.9. The van der Waals surface area contributed by atoms with E-state index in [1.807, 2.05) is 24.8 Å². The maximum absolute atomic E-state index is 4.94. The molecule has 0 saturated heterocycles. The molecule has 0 radical (unpaired) electrons. The van der Waals surface area contributed by atoms with Crippen LogP contribution in [0.3, 0.4) is 0 Å². The van der Waals surface area contributed by atoms with Crippen molar-refractivity contribution in [2.45, 2.75) is 165 Å². The molecule has 2 aliphatic heterocycles. The van der Waals surface area contributed by atoms with Gasteiger partial charge in [0, 0.05) is 108 Å². The van der Waals surface area contributed by atoms with Crippen molar-refractivity contribution in [1.82, 2.24) is 19.9 Å². The van der Waals surface area contributed by atoms with E-state index in [1.54, 1.807) is 0 Å². The lowest BCUT2D eigenvalue weighted by atomic mass is 9.33. The van der Waals surface area contributed by atoms with Gasteiger partial charge in [-0.15, -0.1) is 0 Å². The summed E-state index contributed by atoms with van der Waals surface area (Å²) in [5.74, 6) is 1.72. The lowest BCUT2D eigenvalue weighted by Crippen LogP contribution is -2.62. The highest BCUT2D eigenvalue weighted by molar-refractivity contribution is 7.00. The van der Waals surface area contributed by atoms with Gasteiger partial charge in [0.05, 0.1) is 22.8 Å². The van der Waals surface area contributed by atoms with Gasteiger partial charge in [0.2, 0.25) is 0 Å². The summed E-state index contributed by atoms with van der Waals surface area (Å²) < 4.78 is 0. The highest BCUT2D eigenvalue weighted by Crippen LogP contribution is 2.45.